The molecule has 2 aliphatic rings. The summed E-state index contributed by atoms with van der Waals surface area (Å²) in [5.74, 6) is 0.358. The number of nitrogens with one attached hydrogen (secondary N) is 1. The van der Waals surface area contributed by atoms with Crippen molar-refractivity contribution in [3.05, 3.63) is 35.6 Å². The number of hydrogen-bond donors (Lipinski definition) is 1. The first-order valence-corrected chi connectivity index (χ1v) is 6.49. The average molecular weight is 248 g/mol. The van der Waals surface area contributed by atoms with Crippen molar-refractivity contribution in [3.8, 4) is 0 Å². The average Bonchev–Trinajstić information content (AvgIpc) is 2.93. The number of rotatable bonds is 2. The second kappa shape index (κ2) is 4.69. The van der Waals surface area contributed by atoms with Crippen LogP contribution in [0.2, 0.25) is 0 Å². The van der Waals surface area contributed by atoms with Crippen molar-refractivity contribution in [3.63, 3.8) is 0 Å². The molecule has 3 rings (SSSR count). The summed E-state index contributed by atoms with van der Waals surface area (Å²) in [7, 11) is 0. The predicted octanol–water partition coefficient (Wildman–Crippen LogP) is 1.19. The third-order valence-corrected chi connectivity index (χ3v) is 4.07. The molecule has 0 saturated carbocycles. The monoisotopic (exact) mass is 248 g/mol. The van der Waals surface area contributed by atoms with Crippen molar-refractivity contribution < 1.29 is 9.18 Å². The molecule has 1 aromatic carbocycles. The summed E-state index contributed by atoms with van der Waals surface area (Å²) in [6.07, 6.45) is 1.25. The maximum Gasteiger partial charge on any atom is 0.227 e. The first kappa shape index (κ1) is 11.7. The molecule has 4 heteroatoms. The summed E-state index contributed by atoms with van der Waals surface area (Å²) in [6, 6.07) is 6.84. The number of halogens is 1. The van der Waals surface area contributed by atoms with Crippen LogP contribution in [0.25, 0.3) is 0 Å². The Labute approximate surface area is 106 Å². The van der Waals surface area contributed by atoms with Crippen molar-refractivity contribution in [2.24, 2.45) is 5.92 Å². The van der Waals surface area contributed by atoms with E-state index in [1.165, 1.54) is 6.07 Å². The van der Waals surface area contributed by atoms with Crippen LogP contribution in [0.4, 0.5) is 4.39 Å². The van der Waals surface area contributed by atoms with Gasteiger partial charge in [-0.1, -0.05) is 18.2 Å². The van der Waals surface area contributed by atoms with E-state index in [-0.39, 0.29) is 18.1 Å². The Morgan fingerprint density at radius 3 is 3.06 bits per heavy atom. The van der Waals surface area contributed by atoms with E-state index in [1.54, 1.807) is 18.2 Å². The largest absolute Gasteiger partial charge is 0.338 e. The highest BCUT2D eigenvalue weighted by atomic mass is 19.1. The summed E-state index contributed by atoms with van der Waals surface area (Å²) in [5.41, 5.74) is 0.497. The molecule has 0 bridgehead atoms. The van der Waals surface area contributed by atoms with Crippen LogP contribution in [0.3, 0.4) is 0 Å². The zero-order chi connectivity index (χ0) is 12.5. The van der Waals surface area contributed by atoms with Gasteiger partial charge in [0.1, 0.15) is 5.82 Å². The van der Waals surface area contributed by atoms with E-state index in [1.807, 2.05) is 4.90 Å². The topological polar surface area (TPSA) is 32.3 Å². The minimum atomic E-state index is -0.286. The lowest BCUT2D eigenvalue weighted by molar-refractivity contribution is -0.131. The van der Waals surface area contributed by atoms with Crippen LogP contribution >= 0.6 is 0 Å². The van der Waals surface area contributed by atoms with Gasteiger partial charge in [-0.3, -0.25) is 4.79 Å². The van der Waals surface area contributed by atoms with Gasteiger partial charge < -0.3 is 10.2 Å². The Bertz CT molecular complexity index is 463. The van der Waals surface area contributed by atoms with Gasteiger partial charge in [-0.15, -0.1) is 0 Å². The van der Waals surface area contributed by atoms with Crippen molar-refractivity contribution in [2.45, 2.75) is 18.9 Å². The number of carbonyl (C=O) groups is 1. The van der Waals surface area contributed by atoms with Gasteiger partial charge in [0.15, 0.2) is 0 Å². The Morgan fingerprint density at radius 1 is 1.39 bits per heavy atom. The zero-order valence-corrected chi connectivity index (χ0v) is 10.2. The molecule has 1 aromatic rings. The Balaban J connectivity index is 1.70. The maximum absolute atomic E-state index is 13.5. The zero-order valence-electron chi connectivity index (χ0n) is 10.2. The first-order valence-electron chi connectivity index (χ1n) is 6.49. The number of hydrogen-bond acceptors (Lipinski definition) is 2. The van der Waals surface area contributed by atoms with E-state index >= 15 is 0 Å². The van der Waals surface area contributed by atoms with Gasteiger partial charge in [-0.2, -0.15) is 0 Å². The highest BCUT2D eigenvalue weighted by Crippen LogP contribution is 2.27. The fourth-order valence-corrected chi connectivity index (χ4v) is 3.07. The lowest BCUT2D eigenvalue weighted by atomic mass is 10.0. The molecule has 2 fully saturated rings. The molecule has 3 nitrogen and oxygen atoms in total. The molecule has 2 heterocycles. The molecule has 2 atom stereocenters. The highest BCUT2D eigenvalue weighted by Gasteiger charge is 2.39. The quantitative estimate of drug-likeness (QED) is 0.852. The minimum Gasteiger partial charge on any atom is -0.338 e. The van der Waals surface area contributed by atoms with E-state index in [0.717, 1.165) is 26.1 Å². The number of likely N-dealkylation sites (tertiary alicyclic amines) is 1. The molecule has 2 saturated heterocycles. The fourth-order valence-electron chi connectivity index (χ4n) is 3.07. The Kier molecular flexibility index (Phi) is 3.04. The highest BCUT2D eigenvalue weighted by molar-refractivity contribution is 5.79. The van der Waals surface area contributed by atoms with E-state index in [4.69, 9.17) is 0 Å². The first-order chi connectivity index (χ1) is 8.75. The van der Waals surface area contributed by atoms with E-state index in [2.05, 4.69) is 5.32 Å². The van der Waals surface area contributed by atoms with Gasteiger partial charge in [0.2, 0.25) is 5.91 Å². The SMILES string of the molecule is O=C(Cc1ccccc1F)N1CC[C@H]2CNC[C@H]21. The van der Waals surface area contributed by atoms with Gasteiger partial charge in [0.25, 0.3) is 0 Å². The maximum atomic E-state index is 13.5. The molecular formula is C14H17FN2O. The van der Waals surface area contributed by atoms with Crippen LogP contribution < -0.4 is 5.32 Å². The standard InChI is InChI=1S/C14H17FN2O/c15-12-4-2-1-3-10(12)7-14(18)17-6-5-11-8-16-9-13(11)17/h1-4,11,13,16H,5-9H2/t11-,13+/m0/s1. The van der Waals surface area contributed by atoms with Crippen LogP contribution in [-0.4, -0.2) is 36.5 Å². The smallest absolute Gasteiger partial charge is 0.227 e. The van der Waals surface area contributed by atoms with Crippen LogP contribution in [0.5, 0.6) is 0 Å². The molecule has 0 radical (unpaired) electrons. The molecule has 2 aliphatic heterocycles. The van der Waals surface area contributed by atoms with Gasteiger partial charge in [-0.05, 0) is 24.0 Å². The molecule has 1 N–H and O–H groups in total. The minimum absolute atomic E-state index is 0.0521. The number of nitrogens with zero attached hydrogens (tertiary/aromatic N) is 1. The third kappa shape index (κ3) is 2.01. The van der Waals surface area contributed by atoms with E-state index < -0.39 is 0 Å². The Morgan fingerprint density at radius 2 is 2.22 bits per heavy atom. The number of fused-ring (bicyclic) bond motifs is 1. The van der Waals surface area contributed by atoms with Crippen molar-refractivity contribution in [1.82, 2.24) is 10.2 Å². The van der Waals surface area contributed by atoms with Crippen molar-refractivity contribution in [1.29, 1.82) is 0 Å². The number of carbonyl (C=O) groups excluding carboxylic acids is 1. The van der Waals surface area contributed by atoms with Gasteiger partial charge in [0.05, 0.1) is 6.42 Å². The summed E-state index contributed by atoms with van der Waals surface area (Å²) in [4.78, 5) is 14.2. The molecule has 0 unspecified atom stereocenters. The second-order valence-corrected chi connectivity index (χ2v) is 5.13. The Hall–Kier alpha value is -1.42. The number of benzene rings is 1. The molecule has 0 spiro atoms. The molecule has 1 amide bonds. The molecule has 0 aromatic heterocycles. The summed E-state index contributed by atoms with van der Waals surface area (Å²) in [6.45, 7) is 2.71. The van der Waals surface area contributed by atoms with Gasteiger partial charge in [-0.25, -0.2) is 4.39 Å². The normalized spacial score (nSPS) is 26.4. The van der Waals surface area contributed by atoms with Crippen LogP contribution in [0.1, 0.15) is 12.0 Å². The molecular weight excluding hydrogens is 231 g/mol. The van der Waals surface area contributed by atoms with Crippen molar-refractivity contribution >= 4 is 5.91 Å². The van der Waals surface area contributed by atoms with Crippen LogP contribution in [0, 0.1) is 11.7 Å². The fraction of sp³-hybridized carbons (Fsp3) is 0.500. The van der Waals surface area contributed by atoms with E-state index in [0.29, 0.717) is 17.5 Å². The predicted molar refractivity (Wildman–Crippen MR) is 66.6 cm³/mol. The lowest BCUT2D eigenvalue weighted by Crippen LogP contribution is -2.40. The lowest BCUT2D eigenvalue weighted by Gasteiger charge is -2.23. The van der Waals surface area contributed by atoms with Crippen LogP contribution in [0.15, 0.2) is 24.3 Å². The summed E-state index contributed by atoms with van der Waals surface area (Å²) >= 11 is 0. The van der Waals surface area contributed by atoms with Gasteiger partial charge in [0, 0.05) is 25.7 Å². The summed E-state index contributed by atoms with van der Waals surface area (Å²) < 4.78 is 13.5. The third-order valence-electron chi connectivity index (χ3n) is 4.07. The summed E-state index contributed by atoms with van der Waals surface area (Å²) in [5, 5.41) is 3.32. The van der Waals surface area contributed by atoms with Crippen LogP contribution in [-0.2, 0) is 11.2 Å². The molecule has 0 aliphatic carbocycles. The van der Waals surface area contributed by atoms with Gasteiger partial charge >= 0.3 is 0 Å². The number of amides is 1. The molecule has 96 valence electrons. The van der Waals surface area contributed by atoms with Crippen molar-refractivity contribution in [2.75, 3.05) is 19.6 Å². The molecule has 18 heavy (non-hydrogen) atoms. The van der Waals surface area contributed by atoms with E-state index in [9.17, 15) is 9.18 Å². The second-order valence-electron chi connectivity index (χ2n) is 5.13.